The molecule has 0 amide bonds. The van der Waals surface area contributed by atoms with Gasteiger partial charge in [0.1, 0.15) is 5.69 Å². The largest absolute Gasteiger partial charge is 0.294 e. The van der Waals surface area contributed by atoms with Crippen molar-refractivity contribution in [1.82, 2.24) is 0 Å². The Labute approximate surface area is 87.2 Å². The first-order valence-electron chi connectivity index (χ1n) is 4.88. The number of nitro groups is 1. The zero-order valence-corrected chi connectivity index (χ0v) is 8.18. The monoisotopic (exact) mass is 208 g/mol. The molecule has 1 aliphatic carbocycles. The summed E-state index contributed by atoms with van der Waals surface area (Å²) in [6.45, 7) is 0.617. The van der Waals surface area contributed by atoms with Gasteiger partial charge in [-0.15, -0.1) is 0 Å². The van der Waals surface area contributed by atoms with Crippen LogP contribution in [-0.2, 0) is 4.84 Å². The van der Waals surface area contributed by atoms with Gasteiger partial charge in [0, 0.05) is 6.07 Å². The average molecular weight is 208 g/mol. The molecule has 0 saturated heterocycles. The maximum Gasteiger partial charge on any atom is 0.294 e. The van der Waals surface area contributed by atoms with Gasteiger partial charge in [0.25, 0.3) is 5.69 Å². The van der Waals surface area contributed by atoms with Crippen LogP contribution in [0.3, 0.4) is 0 Å². The quantitative estimate of drug-likeness (QED) is 0.595. The SMILES string of the molecule is O=[N+]([O-])c1ccccc1NOCC1CC1. The van der Waals surface area contributed by atoms with Crippen molar-refractivity contribution in [2.45, 2.75) is 12.8 Å². The van der Waals surface area contributed by atoms with Gasteiger partial charge in [-0.05, 0) is 24.8 Å². The van der Waals surface area contributed by atoms with Crippen LogP contribution in [0.5, 0.6) is 0 Å². The lowest BCUT2D eigenvalue weighted by atomic mass is 10.3. The molecule has 0 bridgehead atoms. The van der Waals surface area contributed by atoms with Gasteiger partial charge in [-0.2, -0.15) is 0 Å². The summed E-state index contributed by atoms with van der Waals surface area (Å²) >= 11 is 0. The van der Waals surface area contributed by atoms with Crippen LogP contribution >= 0.6 is 0 Å². The number of hydrogen-bond acceptors (Lipinski definition) is 4. The van der Waals surface area contributed by atoms with Crippen molar-refractivity contribution in [3.05, 3.63) is 34.4 Å². The summed E-state index contributed by atoms with van der Waals surface area (Å²) in [7, 11) is 0. The van der Waals surface area contributed by atoms with Crippen molar-refractivity contribution in [2.75, 3.05) is 12.1 Å². The summed E-state index contributed by atoms with van der Waals surface area (Å²) in [5.41, 5.74) is 3.07. The third kappa shape index (κ3) is 2.66. The number of rotatable bonds is 5. The maximum atomic E-state index is 10.6. The zero-order chi connectivity index (χ0) is 10.7. The zero-order valence-electron chi connectivity index (χ0n) is 8.18. The van der Waals surface area contributed by atoms with E-state index in [1.807, 2.05) is 0 Å². The van der Waals surface area contributed by atoms with E-state index in [4.69, 9.17) is 4.84 Å². The van der Waals surface area contributed by atoms with Crippen LogP contribution in [0.25, 0.3) is 0 Å². The number of benzene rings is 1. The maximum absolute atomic E-state index is 10.6. The second-order valence-electron chi connectivity index (χ2n) is 3.63. The van der Waals surface area contributed by atoms with Gasteiger partial charge in [-0.3, -0.25) is 20.4 Å². The van der Waals surface area contributed by atoms with E-state index < -0.39 is 4.92 Å². The Balaban J connectivity index is 1.95. The molecule has 15 heavy (non-hydrogen) atoms. The topological polar surface area (TPSA) is 64.4 Å². The molecule has 1 fully saturated rings. The Hall–Kier alpha value is -1.62. The number of nitrogens with zero attached hydrogens (tertiary/aromatic N) is 1. The highest BCUT2D eigenvalue weighted by Gasteiger charge is 2.22. The van der Waals surface area contributed by atoms with Gasteiger partial charge in [-0.25, -0.2) is 0 Å². The lowest BCUT2D eigenvalue weighted by molar-refractivity contribution is -0.384. The molecule has 5 heteroatoms. The molecule has 1 saturated carbocycles. The molecular formula is C10H12N2O3. The third-order valence-electron chi connectivity index (χ3n) is 2.30. The number of nitrogens with one attached hydrogen (secondary N) is 1. The molecule has 1 aromatic rings. The minimum Gasteiger partial charge on any atom is -0.276 e. The van der Waals surface area contributed by atoms with E-state index in [1.54, 1.807) is 18.2 Å². The smallest absolute Gasteiger partial charge is 0.276 e. The summed E-state index contributed by atoms with van der Waals surface area (Å²) in [5.74, 6) is 0.625. The fourth-order valence-electron chi connectivity index (χ4n) is 1.24. The summed E-state index contributed by atoms with van der Waals surface area (Å²) < 4.78 is 0. The molecule has 1 N–H and O–H groups in total. The molecule has 80 valence electrons. The highest BCUT2D eigenvalue weighted by atomic mass is 16.6. The molecular weight excluding hydrogens is 196 g/mol. The van der Waals surface area contributed by atoms with E-state index >= 15 is 0 Å². The van der Waals surface area contributed by atoms with Gasteiger partial charge in [0.15, 0.2) is 0 Å². The van der Waals surface area contributed by atoms with Crippen molar-refractivity contribution < 1.29 is 9.76 Å². The van der Waals surface area contributed by atoms with Crippen molar-refractivity contribution in [1.29, 1.82) is 0 Å². The Kier molecular flexibility index (Phi) is 2.82. The van der Waals surface area contributed by atoms with Gasteiger partial charge in [0.05, 0.1) is 11.5 Å². The van der Waals surface area contributed by atoms with Crippen molar-refractivity contribution in [2.24, 2.45) is 5.92 Å². The van der Waals surface area contributed by atoms with Gasteiger partial charge >= 0.3 is 0 Å². The van der Waals surface area contributed by atoms with E-state index in [-0.39, 0.29) is 5.69 Å². The number of anilines is 1. The third-order valence-corrected chi connectivity index (χ3v) is 2.30. The standard InChI is InChI=1S/C10H12N2O3/c13-12(14)10-4-2-1-3-9(10)11-15-7-8-5-6-8/h1-4,8,11H,5-7H2. The lowest BCUT2D eigenvalue weighted by Crippen LogP contribution is -2.06. The minimum atomic E-state index is -0.428. The second-order valence-corrected chi connectivity index (χ2v) is 3.63. The van der Waals surface area contributed by atoms with Gasteiger partial charge < -0.3 is 0 Å². The van der Waals surface area contributed by atoms with Crippen molar-refractivity contribution >= 4 is 11.4 Å². The Morgan fingerprint density at radius 3 is 2.87 bits per heavy atom. The summed E-state index contributed by atoms with van der Waals surface area (Å²) in [6.07, 6.45) is 2.39. The molecule has 0 spiro atoms. The van der Waals surface area contributed by atoms with E-state index in [1.165, 1.54) is 18.9 Å². The highest BCUT2D eigenvalue weighted by molar-refractivity contribution is 5.59. The van der Waals surface area contributed by atoms with Crippen molar-refractivity contribution in [3.8, 4) is 0 Å². The molecule has 0 radical (unpaired) electrons. The molecule has 0 unspecified atom stereocenters. The van der Waals surface area contributed by atoms with Crippen LogP contribution in [0.2, 0.25) is 0 Å². The molecule has 5 nitrogen and oxygen atoms in total. The molecule has 2 rings (SSSR count). The van der Waals surface area contributed by atoms with Crippen molar-refractivity contribution in [3.63, 3.8) is 0 Å². The Morgan fingerprint density at radius 2 is 2.20 bits per heavy atom. The van der Waals surface area contributed by atoms with E-state index in [2.05, 4.69) is 5.48 Å². The Morgan fingerprint density at radius 1 is 1.47 bits per heavy atom. The second kappa shape index (κ2) is 4.27. The predicted octanol–water partition coefficient (Wildman–Crippen LogP) is 2.35. The van der Waals surface area contributed by atoms with E-state index in [0.717, 1.165) is 0 Å². The molecule has 0 atom stereocenters. The number of para-hydroxylation sites is 2. The van der Waals surface area contributed by atoms with Crippen LogP contribution < -0.4 is 5.48 Å². The van der Waals surface area contributed by atoms with Gasteiger partial charge in [-0.1, -0.05) is 12.1 Å². The summed E-state index contributed by atoms with van der Waals surface area (Å²) in [6, 6.07) is 6.44. The number of nitro benzene ring substituents is 1. The average Bonchev–Trinajstić information content (AvgIpc) is 3.02. The first-order valence-corrected chi connectivity index (χ1v) is 4.88. The first-order chi connectivity index (χ1) is 7.27. The first kappa shape index (κ1) is 9.92. The Bertz CT molecular complexity index is 363. The minimum absolute atomic E-state index is 0.0355. The molecule has 0 heterocycles. The molecule has 1 aliphatic rings. The summed E-state index contributed by atoms with van der Waals surface area (Å²) in [4.78, 5) is 15.4. The van der Waals surface area contributed by atoms with Crippen LogP contribution in [-0.4, -0.2) is 11.5 Å². The van der Waals surface area contributed by atoms with Gasteiger partial charge in [0.2, 0.25) is 0 Å². The fraction of sp³-hybridized carbons (Fsp3) is 0.400. The predicted molar refractivity (Wildman–Crippen MR) is 55.4 cm³/mol. The normalized spacial score (nSPS) is 14.9. The van der Waals surface area contributed by atoms with Crippen LogP contribution in [0.1, 0.15) is 12.8 Å². The van der Waals surface area contributed by atoms with Crippen LogP contribution in [0.15, 0.2) is 24.3 Å². The lowest BCUT2D eigenvalue weighted by Gasteiger charge is -2.06. The van der Waals surface area contributed by atoms with E-state index in [0.29, 0.717) is 18.2 Å². The van der Waals surface area contributed by atoms with Crippen LogP contribution in [0, 0.1) is 16.0 Å². The fourth-order valence-corrected chi connectivity index (χ4v) is 1.24. The van der Waals surface area contributed by atoms with Crippen LogP contribution in [0.4, 0.5) is 11.4 Å². The molecule has 1 aromatic carbocycles. The molecule has 0 aliphatic heterocycles. The highest BCUT2D eigenvalue weighted by Crippen LogP contribution is 2.29. The number of hydrogen-bond donors (Lipinski definition) is 1. The molecule has 0 aromatic heterocycles. The summed E-state index contributed by atoms with van der Waals surface area (Å²) in [5, 5.41) is 10.6. The van der Waals surface area contributed by atoms with E-state index in [9.17, 15) is 10.1 Å².